The highest BCUT2D eigenvalue weighted by Crippen LogP contribution is 2.22. The van der Waals surface area contributed by atoms with E-state index in [1.54, 1.807) is 0 Å². The van der Waals surface area contributed by atoms with Crippen molar-refractivity contribution in [1.82, 2.24) is 25.2 Å². The van der Waals surface area contributed by atoms with Crippen molar-refractivity contribution < 1.29 is 0 Å². The van der Waals surface area contributed by atoms with Crippen LogP contribution in [0.4, 0.5) is 0 Å². The molecule has 0 saturated heterocycles. The normalized spacial score (nSPS) is 11.5. The molecule has 0 aliphatic carbocycles. The average Bonchev–Trinajstić information content (AvgIpc) is 3.32. The minimum Gasteiger partial charge on any atom is -0.361 e. The van der Waals surface area contributed by atoms with Crippen LogP contribution in [0.5, 0.6) is 0 Å². The van der Waals surface area contributed by atoms with Crippen molar-refractivity contribution >= 4 is 40.8 Å². The summed E-state index contributed by atoms with van der Waals surface area (Å²) in [7, 11) is 1.82. The summed E-state index contributed by atoms with van der Waals surface area (Å²) in [4.78, 5) is 12.0. The molecule has 6 nitrogen and oxygen atoms in total. The average molecular weight is 508 g/mol. The van der Waals surface area contributed by atoms with Crippen LogP contribution in [0.15, 0.2) is 41.8 Å². The lowest BCUT2D eigenvalue weighted by atomic mass is 10.1. The Morgan fingerprint density at radius 2 is 2.00 bits per heavy atom. The molecule has 0 atom stereocenters. The number of nitrogens with zero attached hydrogens (tertiary/aromatic N) is 3. The largest absolute Gasteiger partial charge is 0.361 e. The number of aromatic nitrogens is 3. The van der Waals surface area contributed by atoms with Crippen LogP contribution in [0.1, 0.15) is 36.7 Å². The molecular formula is C22H33IN6. The van der Waals surface area contributed by atoms with Crippen LogP contribution in [0.3, 0.4) is 0 Å². The maximum Gasteiger partial charge on any atom is 0.190 e. The summed E-state index contributed by atoms with van der Waals surface area (Å²) >= 11 is 0. The predicted molar refractivity (Wildman–Crippen MR) is 132 cm³/mol. The zero-order valence-electron chi connectivity index (χ0n) is 17.7. The molecule has 0 spiro atoms. The highest BCUT2D eigenvalue weighted by molar-refractivity contribution is 14.0. The maximum absolute atomic E-state index is 4.33. The Balaban J connectivity index is 0.00000300. The van der Waals surface area contributed by atoms with Gasteiger partial charge in [-0.15, -0.1) is 24.0 Å². The molecule has 0 radical (unpaired) electrons. The molecule has 7 heteroatoms. The first kappa shape index (κ1) is 23.3. The van der Waals surface area contributed by atoms with Crippen LogP contribution in [-0.2, 0) is 19.4 Å². The Morgan fingerprint density at radius 3 is 2.72 bits per heavy atom. The Hall–Kier alpha value is -2.03. The number of halogens is 1. The number of rotatable bonds is 9. The standard InChI is InChI=1S/C22H32N6.HI/c1-4-18-8-7-9-20-19(16-27-21(18)20)10-12-26-22(23-3)25-11-5-6-14-28-15-13-24-17(28)2;/h7-9,13,15-16,27H,4-6,10-12,14H2,1-3H3,(H2,23,25,26);1H. The van der Waals surface area contributed by atoms with Gasteiger partial charge in [-0.1, -0.05) is 25.1 Å². The molecule has 3 rings (SSSR count). The number of aryl methyl sites for hydroxylation is 3. The van der Waals surface area contributed by atoms with Gasteiger partial charge in [0, 0.05) is 56.2 Å². The van der Waals surface area contributed by atoms with Crippen LogP contribution in [-0.4, -0.2) is 40.6 Å². The maximum atomic E-state index is 4.33. The highest BCUT2D eigenvalue weighted by Gasteiger charge is 2.06. The lowest BCUT2D eigenvalue weighted by Gasteiger charge is -2.12. The van der Waals surface area contributed by atoms with Crippen LogP contribution in [0.25, 0.3) is 10.9 Å². The summed E-state index contributed by atoms with van der Waals surface area (Å²) in [6, 6.07) is 6.55. The molecule has 3 aromatic rings. The van der Waals surface area contributed by atoms with E-state index >= 15 is 0 Å². The number of nitrogens with one attached hydrogen (secondary N) is 3. The summed E-state index contributed by atoms with van der Waals surface area (Å²) in [5, 5.41) is 8.16. The van der Waals surface area contributed by atoms with Crippen LogP contribution in [0.2, 0.25) is 0 Å². The zero-order chi connectivity index (χ0) is 19.8. The molecule has 2 aromatic heterocycles. The third-order valence-electron chi connectivity index (χ3n) is 5.22. The van der Waals surface area contributed by atoms with Crippen molar-refractivity contribution in [3.8, 4) is 0 Å². The Labute approximate surface area is 190 Å². The quantitative estimate of drug-likeness (QED) is 0.177. The third kappa shape index (κ3) is 6.22. The molecule has 158 valence electrons. The van der Waals surface area contributed by atoms with E-state index in [0.29, 0.717) is 0 Å². The number of aromatic amines is 1. The Morgan fingerprint density at radius 1 is 1.17 bits per heavy atom. The van der Waals surface area contributed by atoms with Gasteiger partial charge in [-0.25, -0.2) is 4.98 Å². The summed E-state index contributed by atoms with van der Waals surface area (Å²) in [5.41, 5.74) is 4.00. The van der Waals surface area contributed by atoms with Gasteiger partial charge in [-0.05, 0) is 43.7 Å². The summed E-state index contributed by atoms with van der Waals surface area (Å²) < 4.78 is 2.19. The van der Waals surface area contributed by atoms with Gasteiger partial charge >= 0.3 is 0 Å². The second-order valence-electron chi connectivity index (χ2n) is 7.06. The van der Waals surface area contributed by atoms with Gasteiger partial charge in [-0.2, -0.15) is 0 Å². The van der Waals surface area contributed by atoms with E-state index < -0.39 is 0 Å². The zero-order valence-corrected chi connectivity index (χ0v) is 20.0. The molecule has 0 unspecified atom stereocenters. The Bertz CT molecular complexity index is 911. The van der Waals surface area contributed by atoms with Gasteiger partial charge in [-0.3, -0.25) is 4.99 Å². The number of imidazole rings is 1. The van der Waals surface area contributed by atoms with Gasteiger partial charge in [0.15, 0.2) is 5.96 Å². The fourth-order valence-electron chi connectivity index (χ4n) is 3.57. The molecule has 0 aliphatic heterocycles. The van der Waals surface area contributed by atoms with Crippen LogP contribution < -0.4 is 10.6 Å². The Kier molecular flexibility index (Phi) is 9.50. The first-order chi connectivity index (χ1) is 13.7. The number of guanidine groups is 1. The van der Waals surface area contributed by atoms with E-state index in [1.165, 1.54) is 22.0 Å². The van der Waals surface area contributed by atoms with Crippen molar-refractivity contribution in [2.24, 2.45) is 4.99 Å². The topological polar surface area (TPSA) is 70.0 Å². The fourth-order valence-corrected chi connectivity index (χ4v) is 3.57. The first-order valence-electron chi connectivity index (χ1n) is 10.2. The fraction of sp³-hybridized carbons (Fsp3) is 0.455. The van der Waals surface area contributed by atoms with E-state index in [9.17, 15) is 0 Å². The second-order valence-corrected chi connectivity index (χ2v) is 7.06. The number of fused-ring (bicyclic) bond motifs is 1. The van der Waals surface area contributed by atoms with Gasteiger partial charge in [0.2, 0.25) is 0 Å². The molecule has 3 N–H and O–H groups in total. The third-order valence-corrected chi connectivity index (χ3v) is 5.22. The molecule has 0 bridgehead atoms. The van der Waals surface area contributed by atoms with E-state index in [-0.39, 0.29) is 24.0 Å². The van der Waals surface area contributed by atoms with Crippen molar-refractivity contribution in [2.75, 3.05) is 20.1 Å². The molecule has 1 aromatic carbocycles. The van der Waals surface area contributed by atoms with Crippen molar-refractivity contribution in [1.29, 1.82) is 0 Å². The molecule has 0 fully saturated rings. The minimum absolute atomic E-state index is 0. The number of unbranched alkanes of at least 4 members (excludes halogenated alkanes) is 1. The first-order valence-corrected chi connectivity index (χ1v) is 10.2. The monoisotopic (exact) mass is 508 g/mol. The van der Waals surface area contributed by atoms with Crippen molar-refractivity contribution in [2.45, 2.75) is 46.1 Å². The SMILES string of the molecule is CCc1cccc2c(CCNC(=NC)NCCCCn3ccnc3C)c[nH]c12.I. The summed E-state index contributed by atoms with van der Waals surface area (Å²) in [6.45, 7) is 7.03. The van der Waals surface area contributed by atoms with Crippen LogP contribution in [0, 0.1) is 6.92 Å². The van der Waals surface area contributed by atoms with E-state index in [0.717, 1.165) is 57.1 Å². The number of hydrogen-bond acceptors (Lipinski definition) is 2. The smallest absolute Gasteiger partial charge is 0.190 e. The van der Waals surface area contributed by atoms with E-state index in [4.69, 9.17) is 0 Å². The minimum atomic E-state index is 0. The molecule has 0 saturated carbocycles. The number of benzene rings is 1. The molecule has 29 heavy (non-hydrogen) atoms. The highest BCUT2D eigenvalue weighted by atomic mass is 127. The number of hydrogen-bond donors (Lipinski definition) is 3. The van der Waals surface area contributed by atoms with Crippen molar-refractivity contribution in [3.05, 3.63) is 53.7 Å². The predicted octanol–water partition coefficient (Wildman–Crippen LogP) is 4.04. The van der Waals surface area contributed by atoms with Gasteiger partial charge in [0.1, 0.15) is 5.82 Å². The van der Waals surface area contributed by atoms with Crippen molar-refractivity contribution in [3.63, 3.8) is 0 Å². The van der Waals surface area contributed by atoms with Gasteiger partial charge < -0.3 is 20.2 Å². The second kappa shape index (κ2) is 11.8. The van der Waals surface area contributed by atoms with Crippen LogP contribution >= 0.6 is 24.0 Å². The van der Waals surface area contributed by atoms with E-state index in [1.807, 2.05) is 26.4 Å². The summed E-state index contributed by atoms with van der Waals surface area (Å²) in [6.07, 6.45) is 10.3. The van der Waals surface area contributed by atoms with Gasteiger partial charge in [0.05, 0.1) is 0 Å². The van der Waals surface area contributed by atoms with E-state index in [2.05, 4.69) is 61.5 Å². The lowest BCUT2D eigenvalue weighted by Crippen LogP contribution is -2.38. The number of aliphatic imine (C=N–C) groups is 1. The van der Waals surface area contributed by atoms with Gasteiger partial charge in [0.25, 0.3) is 0 Å². The lowest BCUT2D eigenvalue weighted by molar-refractivity contribution is 0.588. The summed E-state index contributed by atoms with van der Waals surface area (Å²) in [5.74, 6) is 1.95. The number of H-pyrrole nitrogens is 1. The molecule has 0 amide bonds. The molecule has 0 aliphatic rings. The molecular weight excluding hydrogens is 475 g/mol. The molecule has 2 heterocycles. The number of para-hydroxylation sites is 1.